The van der Waals surface area contributed by atoms with Gasteiger partial charge >= 0.3 is 0 Å². The van der Waals surface area contributed by atoms with E-state index in [0.29, 0.717) is 12.6 Å². The van der Waals surface area contributed by atoms with E-state index >= 15 is 0 Å². The predicted octanol–water partition coefficient (Wildman–Crippen LogP) is 0.781. The van der Waals surface area contributed by atoms with E-state index in [4.69, 9.17) is 4.74 Å². The number of methoxy groups -OCH3 is 1. The molecule has 1 rings (SSSR count). The van der Waals surface area contributed by atoms with E-state index in [1.54, 1.807) is 7.11 Å². The zero-order valence-corrected chi connectivity index (χ0v) is 9.17. The molecule has 0 amide bonds. The van der Waals surface area contributed by atoms with Gasteiger partial charge in [0.25, 0.3) is 5.56 Å². The van der Waals surface area contributed by atoms with Crippen molar-refractivity contribution in [2.75, 3.05) is 25.6 Å². The summed E-state index contributed by atoms with van der Waals surface area (Å²) < 4.78 is 4.92. The van der Waals surface area contributed by atoms with Crippen LogP contribution in [0.5, 0.6) is 0 Å². The highest BCUT2D eigenvalue weighted by Crippen LogP contribution is 1.97. The number of anilines is 1. The molecule has 2 N–H and O–H groups in total. The Hall–Kier alpha value is -1.36. The van der Waals surface area contributed by atoms with Gasteiger partial charge in [-0.15, -0.1) is 0 Å². The van der Waals surface area contributed by atoms with Gasteiger partial charge in [0.05, 0.1) is 0 Å². The predicted molar refractivity (Wildman–Crippen MR) is 59.2 cm³/mol. The Morgan fingerprint density at radius 2 is 2.40 bits per heavy atom. The lowest BCUT2D eigenvalue weighted by Gasteiger charge is -2.05. The summed E-state index contributed by atoms with van der Waals surface area (Å²) in [5.41, 5.74) is 0.684. The summed E-state index contributed by atoms with van der Waals surface area (Å²) in [6, 6.07) is 1.51. The molecule has 1 aromatic heterocycles. The minimum atomic E-state index is -0.115. The molecule has 0 spiro atoms. The molecule has 0 aliphatic rings. The van der Waals surface area contributed by atoms with E-state index in [9.17, 15) is 4.79 Å². The van der Waals surface area contributed by atoms with Gasteiger partial charge in [-0.3, -0.25) is 9.78 Å². The number of hydrogen-bond acceptors (Lipinski definition) is 4. The van der Waals surface area contributed by atoms with Gasteiger partial charge < -0.3 is 10.1 Å². The Morgan fingerprint density at radius 1 is 1.60 bits per heavy atom. The summed E-state index contributed by atoms with van der Waals surface area (Å²) in [6.07, 6.45) is 1.65. The lowest BCUT2D eigenvalue weighted by molar-refractivity contribution is 0.197. The van der Waals surface area contributed by atoms with E-state index in [0.717, 1.165) is 25.1 Å². The zero-order valence-electron chi connectivity index (χ0n) is 9.17. The third-order valence-corrected chi connectivity index (χ3v) is 1.97. The van der Waals surface area contributed by atoms with Gasteiger partial charge in [-0.05, 0) is 12.8 Å². The summed E-state index contributed by atoms with van der Waals surface area (Å²) in [5.74, 6) is 0.537. The van der Waals surface area contributed by atoms with Crippen molar-refractivity contribution >= 4 is 5.95 Å². The van der Waals surface area contributed by atoms with Crippen LogP contribution >= 0.6 is 0 Å². The number of hydrogen-bond donors (Lipinski definition) is 2. The second kappa shape index (κ2) is 6.19. The second-order valence-corrected chi connectivity index (χ2v) is 3.21. The number of rotatable bonds is 6. The van der Waals surface area contributed by atoms with Crippen molar-refractivity contribution in [3.63, 3.8) is 0 Å². The molecule has 0 bridgehead atoms. The van der Waals surface area contributed by atoms with Crippen molar-refractivity contribution in [2.24, 2.45) is 0 Å². The van der Waals surface area contributed by atoms with Crippen LogP contribution in [0.2, 0.25) is 0 Å². The molecule has 5 heteroatoms. The second-order valence-electron chi connectivity index (χ2n) is 3.21. The molecule has 1 aromatic rings. The molecule has 0 fully saturated rings. The Morgan fingerprint density at radius 3 is 3.07 bits per heavy atom. The standard InChI is InChI=1S/C10H17N3O2/c1-3-8-7-9(14)13-10(12-8)11-5-4-6-15-2/h7H,3-6H2,1-2H3,(H2,11,12,13,14). The highest BCUT2D eigenvalue weighted by Gasteiger charge is 1.98. The SMILES string of the molecule is CCc1cc(=O)[nH]c(NCCCOC)n1. The minimum absolute atomic E-state index is 0.115. The monoisotopic (exact) mass is 211 g/mol. The molecular formula is C10H17N3O2. The third-order valence-electron chi connectivity index (χ3n) is 1.97. The Balaban J connectivity index is 2.53. The number of aromatic amines is 1. The van der Waals surface area contributed by atoms with Gasteiger partial charge in [0, 0.05) is 32.0 Å². The van der Waals surface area contributed by atoms with Gasteiger partial charge in [0.2, 0.25) is 5.95 Å². The fraction of sp³-hybridized carbons (Fsp3) is 0.600. The first-order valence-corrected chi connectivity index (χ1v) is 5.09. The normalized spacial score (nSPS) is 10.3. The van der Waals surface area contributed by atoms with E-state index in [1.165, 1.54) is 6.07 Å². The molecule has 0 unspecified atom stereocenters. The fourth-order valence-corrected chi connectivity index (χ4v) is 1.20. The topological polar surface area (TPSA) is 67.0 Å². The Labute approximate surface area is 88.9 Å². The van der Waals surface area contributed by atoms with Gasteiger partial charge in [-0.1, -0.05) is 6.92 Å². The lowest BCUT2D eigenvalue weighted by atomic mass is 10.3. The first kappa shape index (κ1) is 11.7. The van der Waals surface area contributed by atoms with E-state index in [2.05, 4.69) is 15.3 Å². The van der Waals surface area contributed by atoms with Crippen LogP contribution in [0.1, 0.15) is 19.0 Å². The molecule has 0 atom stereocenters. The molecule has 0 aliphatic heterocycles. The molecule has 15 heavy (non-hydrogen) atoms. The van der Waals surface area contributed by atoms with Crippen LogP contribution in [0.3, 0.4) is 0 Å². The summed E-state index contributed by atoms with van der Waals surface area (Å²) >= 11 is 0. The maximum absolute atomic E-state index is 11.2. The van der Waals surface area contributed by atoms with E-state index in [1.807, 2.05) is 6.92 Å². The summed E-state index contributed by atoms with van der Waals surface area (Å²) in [7, 11) is 1.66. The molecule has 84 valence electrons. The molecule has 0 aromatic carbocycles. The number of nitrogens with one attached hydrogen (secondary N) is 2. The molecule has 0 saturated carbocycles. The van der Waals surface area contributed by atoms with Crippen LogP contribution < -0.4 is 10.9 Å². The number of H-pyrrole nitrogens is 1. The van der Waals surface area contributed by atoms with Crippen molar-refractivity contribution in [3.8, 4) is 0 Å². The lowest BCUT2D eigenvalue weighted by Crippen LogP contribution is -2.15. The number of aromatic nitrogens is 2. The van der Waals surface area contributed by atoms with Crippen LogP contribution in [0.4, 0.5) is 5.95 Å². The quantitative estimate of drug-likeness (QED) is 0.682. The fourth-order valence-electron chi connectivity index (χ4n) is 1.20. The number of aryl methyl sites for hydroxylation is 1. The highest BCUT2D eigenvalue weighted by molar-refractivity contribution is 5.24. The van der Waals surface area contributed by atoms with Crippen molar-refractivity contribution in [1.29, 1.82) is 0 Å². The van der Waals surface area contributed by atoms with E-state index < -0.39 is 0 Å². The summed E-state index contributed by atoms with van der Waals surface area (Å²) in [4.78, 5) is 18.1. The van der Waals surface area contributed by atoms with Gasteiger partial charge in [-0.25, -0.2) is 4.98 Å². The maximum Gasteiger partial charge on any atom is 0.252 e. The molecule has 0 radical (unpaired) electrons. The minimum Gasteiger partial charge on any atom is -0.385 e. The average Bonchev–Trinajstić information content (AvgIpc) is 2.23. The van der Waals surface area contributed by atoms with Crippen LogP contribution in [0.15, 0.2) is 10.9 Å². The van der Waals surface area contributed by atoms with Crippen molar-refractivity contribution in [2.45, 2.75) is 19.8 Å². The van der Waals surface area contributed by atoms with Gasteiger partial charge in [0.15, 0.2) is 0 Å². The largest absolute Gasteiger partial charge is 0.385 e. The molecule has 5 nitrogen and oxygen atoms in total. The average molecular weight is 211 g/mol. The summed E-state index contributed by atoms with van der Waals surface area (Å²) in [5, 5.41) is 3.05. The van der Waals surface area contributed by atoms with Crippen molar-refractivity contribution < 1.29 is 4.74 Å². The molecule has 0 saturated heterocycles. The van der Waals surface area contributed by atoms with Crippen molar-refractivity contribution in [3.05, 3.63) is 22.1 Å². The Kier molecular flexibility index (Phi) is 4.83. The maximum atomic E-state index is 11.2. The number of nitrogens with zero attached hydrogens (tertiary/aromatic N) is 1. The molecule has 0 aliphatic carbocycles. The molecule has 1 heterocycles. The van der Waals surface area contributed by atoms with Gasteiger partial charge in [-0.2, -0.15) is 0 Å². The van der Waals surface area contributed by atoms with E-state index in [-0.39, 0.29) is 5.56 Å². The van der Waals surface area contributed by atoms with Crippen LogP contribution in [0.25, 0.3) is 0 Å². The zero-order chi connectivity index (χ0) is 11.1. The number of ether oxygens (including phenoxy) is 1. The van der Waals surface area contributed by atoms with Crippen LogP contribution in [-0.2, 0) is 11.2 Å². The highest BCUT2D eigenvalue weighted by atomic mass is 16.5. The smallest absolute Gasteiger partial charge is 0.252 e. The van der Waals surface area contributed by atoms with Crippen LogP contribution in [-0.4, -0.2) is 30.2 Å². The first-order chi connectivity index (χ1) is 7.26. The first-order valence-electron chi connectivity index (χ1n) is 5.09. The van der Waals surface area contributed by atoms with Gasteiger partial charge in [0.1, 0.15) is 0 Å². The van der Waals surface area contributed by atoms with Crippen LogP contribution in [0, 0.1) is 0 Å². The summed E-state index contributed by atoms with van der Waals surface area (Å²) in [6.45, 7) is 3.41. The Bertz CT molecular complexity index is 349. The third kappa shape index (κ3) is 4.12. The van der Waals surface area contributed by atoms with Crippen molar-refractivity contribution in [1.82, 2.24) is 9.97 Å². The molecular weight excluding hydrogens is 194 g/mol.